The van der Waals surface area contributed by atoms with Crippen molar-refractivity contribution in [1.29, 1.82) is 0 Å². The van der Waals surface area contributed by atoms with Gasteiger partial charge in [-0.25, -0.2) is 0 Å². The van der Waals surface area contributed by atoms with Gasteiger partial charge in [0.05, 0.1) is 0 Å². The molecule has 3 atom stereocenters. The van der Waals surface area contributed by atoms with Gasteiger partial charge < -0.3 is 0 Å². The summed E-state index contributed by atoms with van der Waals surface area (Å²) >= 11 is 0. The molecule has 1 aliphatic carbocycles. The number of fused-ring (bicyclic) bond motifs is 5. The first-order valence-electron chi connectivity index (χ1n) is 4.80. The third-order valence-corrected chi connectivity index (χ3v) is 3.50. The highest BCUT2D eigenvalue weighted by Crippen LogP contribution is 2.41. The first-order chi connectivity index (χ1) is 5.84. The van der Waals surface area contributed by atoms with E-state index in [0.29, 0.717) is 18.2 Å². The fraction of sp³-hybridized carbons (Fsp3) is 0.700. The summed E-state index contributed by atoms with van der Waals surface area (Å²) < 4.78 is 0. The first kappa shape index (κ1) is 6.84. The second-order valence-corrected chi connectivity index (χ2v) is 4.15. The highest BCUT2D eigenvalue weighted by atomic mass is 16.1. The van der Waals surface area contributed by atoms with Crippen LogP contribution in [0.5, 0.6) is 0 Å². The first-order valence-corrected chi connectivity index (χ1v) is 4.80. The molecule has 3 aliphatic rings. The van der Waals surface area contributed by atoms with Crippen LogP contribution >= 0.6 is 0 Å². The van der Waals surface area contributed by atoms with E-state index in [4.69, 9.17) is 0 Å². The molecule has 2 heterocycles. The average molecular weight is 163 g/mol. The Balaban J connectivity index is 1.98. The minimum atomic E-state index is 0.427. The number of carbonyl (C=O) groups excluding carboxylic acids is 1. The van der Waals surface area contributed by atoms with E-state index in [0.717, 1.165) is 12.3 Å². The number of ketones is 1. The van der Waals surface area contributed by atoms with Gasteiger partial charge >= 0.3 is 0 Å². The van der Waals surface area contributed by atoms with Crippen LogP contribution in [-0.2, 0) is 4.79 Å². The van der Waals surface area contributed by atoms with Crippen LogP contribution in [0.3, 0.4) is 0 Å². The Morgan fingerprint density at radius 1 is 1.50 bits per heavy atom. The average Bonchev–Trinajstić information content (AvgIpc) is 2.63. The molecule has 2 fully saturated rings. The Morgan fingerprint density at radius 3 is 3.33 bits per heavy atom. The van der Waals surface area contributed by atoms with Gasteiger partial charge in [-0.15, -0.1) is 0 Å². The van der Waals surface area contributed by atoms with Crippen molar-refractivity contribution in [3.05, 3.63) is 11.6 Å². The zero-order valence-corrected chi connectivity index (χ0v) is 7.12. The van der Waals surface area contributed by atoms with E-state index >= 15 is 0 Å². The third kappa shape index (κ3) is 0.761. The molecule has 0 N–H and O–H groups in total. The predicted octanol–water partition coefficient (Wildman–Crippen LogP) is 0.980. The fourth-order valence-electron chi connectivity index (χ4n) is 2.91. The zero-order chi connectivity index (χ0) is 8.13. The lowest BCUT2D eigenvalue weighted by molar-refractivity contribution is -0.119. The molecule has 0 spiro atoms. The number of allylic oxidation sites excluding steroid dienone is 1. The Hall–Kier alpha value is -0.630. The number of piperidine rings is 1. The van der Waals surface area contributed by atoms with Crippen molar-refractivity contribution in [2.24, 2.45) is 5.92 Å². The van der Waals surface area contributed by atoms with Crippen LogP contribution in [0, 0.1) is 5.92 Å². The second kappa shape index (κ2) is 2.19. The predicted molar refractivity (Wildman–Crippen MR) is 45.8 cm³/mol. The standard InChI is InChI=1S/C10H13NO/c12-8-1-2-9-7-3-4-11(6-7)10(9)5-8/h2,7,10H,1,3-6H2. The molecule has 2 heteroatoms. The molecule has 0 saturated carbocycles. The molecule has 0 aromatic carbocycles. The maximum Gasteiger partial charge on any atom is 0.138 e. The summed E-state index contributed by atoms with van der Waals surface area (Å²) in [5.41, 5.74) is 1.58. The second-order valence-electron chi connectivity index (χ2n) is 4.15. The van der Waals surface area contributed by atoms with Gasteiger partial charge in [-0.05, 0) is 18.9 Å². The van der Waals surface area contributed by atoms with Crippen LogP contribution in [-0.4, -0.2) is 29.8 Å². The summed E-state index contributed by atoms with van der Waals surface area (Å²) in [5, 5.41) is 0. The lowest BCUT2D eigenvalue weighted by Crippen LogP contribution is -2.35. The highest BCUT2D eigenvalue weighted by molar-refractivity contribution is 5.82. The van der Waals surface area contributed by atoms with Gasteiger partial charge in [0.25, 0.3) is 0 Å². The Kier molecular flexibility index (Phi) is 1.25. The number of carbonyl (C=O) groups is 1. The third-order valence-electron chi connectivity index (χ3n) is 3.50. The van der Waals surface area contributed by atoms with E-state index in [-0.39, 0.29) is 0 Å². The van der Waals surface area contributed by atoms with Gasteiger partial charge in [-0.1, -0.05) is 11.6 Å². The van der Waals surface area contributed by atoms with Crippen molar-refractivity contribution < 1.29 is 4.79 Å². The van der Waals surface area contributed by atoms with Crippen LogP contribution in [0.4, 0.5) is 0 Å². The van der Waals surface area contributed by atoms with Crippen LogP contribution in [0.1, 0.15) is 19.3 Å². The van der Waals surface area contributed by atoms with Gasteiger partial charge in [-0.3, -0.25) is 9.69 Å². The maximum absolute atomic E-state index is 11.2. The van der Waals surface area contributed by atoms with E-state index < -0.39 is 0 Å². The summed E-state index contributed by atoms with van der Waals surface area (Å²) in [6, 6.07) is 0.519. The Labute approximate surface area is 72.2 Å². The van der Waals surface area contributed by atoms with Crippen molar-refractivity contribution in [3.8, 4) is 0 Å². The van der Waals surface area contributed by atoms with E-state index in [2.05, 4.69) is 11.0 Å². The van der Waals surface area contributed by atoms with E-state index in [1.165, 1.54) is 19.5 Å². The molecule has 2 aliphatic heterocycles. The lowest BCUT2D eigenvalue weighted by Gasteiger charge is -2.29. The minimum Gasteiger partial charge on any atom is -0.299 e. The van der Waals surface area contributed by atoms with Gasteiger partial charge in [-0.2, -0.15) is 0 Å². The minimum absolute atomic E-state index is 0.427. The van der Waals surface area contributed by atoms with Crippen LogP contribution in [0.15, 0.2) is 11.6 Å². The fourth-order valence-corrected chi connectivity index (χ4v) is 2.91. The van der Waals surface area contributed by atoms with Crippen molar-refractivity contribution >= 4 is 5.78 Å². The number of hydrogen-bond acceptors (Lipinski definition) is 2. The summed E-state index contributed by atoms with van der Waals surface area (Å²) in [5.74, 6) is 1.24. The molecule has 0 aromatic heterocycles. The molecular weight excluding hydrogens is 150 g/mol. The summed E-state index contributed by atoms with van der Waals surface area (Å²) in [7, 11) is 0. The van der Waals surface area contributed by atoms with Crippen molar-refractivity contribution in [3.63, 3.8) is 0 Å². The van der Waals surface area contributed by atoms with Crippen molar-refractivity contribution in [1.82, 2.24) is 4.90 Å². The number of hydrogen-bond donors (Lipinski definition) is 0. The van der Waals surface area contributed by atoms with Crippen LogP contribution in [0.25, 0.3) is 0 Å². The molecule has 2 saturated heterocycles. The molecule has 3 rings (SSSR count). The molecule has 2 bridgehead atoms. The normalized spacial score (nSPS) is 44.5. The number of Topliss-reactive ketones (excluding diaryl/α,β-unsaturated/α-hetero) is 1. The zero-order valence-electron chi connectivity index (χ0n) is 7.12. The van der Waals surface area contributed by atoms with Gasteiger partial charge in [0, 0.05) is 25.4 Å². The maximum atomic E-state index is 11.2. The summed E-state index contributed by atoms with van der Waals surface area (Å²) in [4.78, 5) is 13.7. The quantitative estimate of drug-likeness (QED) is 0.496. The van der Waals surface area contributed by atoms with Crippen molar-refractivity contribution in [2.45, 2.75) is 25.3 Å². The topological polar surface area (TPSA) is 20.3 Å². The van der Waals surface area contributed by atoms with Gasteiger partial charge in [0.1, 0.15) is 5.78 Å². The lowest BCUT2D eigenvalue weighted by atomic mass is 9.85. The number of rotatable bonds is 0. The van der Waals surface area contributed by atoms with E-state index in [9.17, 15) is 4.79 Å². The SMILES string of the molecule is O=C1CC=C2C3CCN(C3)C2C1. The molecule has 3 unspecified atom stereocenters. The molecule has 2 nitrogen and oxygen atoms in total. The van der Waals surface area contributed by atoms with Crippen molar-refractivity contribution in [2.75, 3.05) is 13.1 Å². The Morgan fingerprint density at radius 2 is 2.42 bits per heavy atom. The molecular formula is C10H13NO. The van der Waals surface area contributed by atoms with Crippen LogP contribution in [0.2, 0.25) is 0 Å². The molecule has 0 amide bonds. The smallest absolute Gasteiger partial charge is 0.138 e. The van der Waals surface area contributed by atoms with Gasteiger partial charge in [0.2, 0.25) is 0 Å². The van der Waals surface area contributed by atoms with E-state index in [1.807, 2.05) is 0 Å². The largest absolute Gasteiger partial charge is 0.299 e. The molecule has 12 heavy (non-hydrogen) atoms. The highest BCUT2D eigenvalue weighted by Gasteiger charge is 2.43. The van der Waals surface area contributed by atoms with Gasteiger partial charge in [0.15, 0.2) is 0 Å². The monoisotopic (exact) mass is 163 g/mol. The number of nitrogens with zero attached hydrogens (tertiary/aromatic N) is 1. The summed E-state index contributed by atoms with van der Waals surface area (Å²) in [6.07, 6.45) is 5.02. The molecule has 64 valence electrons. The Bertz CT molecular complexity index is 269. The summed E-state index contributed by atoms with van der Waals surface area (Å²) in [6.45, 7) is 2.45. The molecule has 0 radical (unpaired) electrons. The molecule has 0 aromatic rings. The van der Waals surface area contributed by atoms with Crippen LogP contribution < -0.4 is 0 Å². The van der Waals surface area contributed by atoms with E-state index in [1.54, 1.807) is 5.57 Å².